The number of amides is 1. The third kappa shape index (κ3) is 6.55. The number of hydrogen-bond donors (Lipinski definition) is 1. The van der Waals surface area contributed by atoms with Gasteiger partial charge >= 0.3 is 0 Å². The van der Waals surface area contributed by atoms with E-state index in [1.807, 2.05) is 31.2 Å². The number of hydrogen-bond acceptors (Lipinski definition) is 3. The van der Waals surface area contributed by atoms with Crippen LogP contribution in [0.4, 0.5) is 11.5 Å². The fourth-order valence-corrected chi connectivity index (χ4v) is 3.91. The molecule has 0 aliphatic rings. The Labute approximate surface area is 202 Å². The van der Waals surface area contributed by atoms with Crippen molar-refractivity contribution in [2.75, 3.05) is 10.2 Å². The van der Waals surface area contributed by atoms with Crippen molar-refractivity contribution in [1.82, 2.24) is 4.98 Å². The molecule has 1 amide bonds. The van der Waals surface area contributed by atoms with E-state index in [1.54, 1.807) is 0 Å². The molecule has 34 heavy (non-hydrogen) atoms. The molecule has 0 bridgehead atoms. The van der Waals surface area contributed by atoms with E-state index in [-0.39, 0.29) is 5.91 Å². The van der Waals surface area contributed by atoms with Gasteiger partial charge in [-0.1, -0.05) is 90.5 Å². The van der Waals surface area contributed by atoms with Crippen LogP contribution in [0.2, 0.25) is 0 Å². The van der Waals surface area contributed by atoms with Crippen LogP contribution in [-0.4, -0.2) is 10.9 Å². The first-order valence-electron chi connectivity index (χ1n) is 11.7. The van der Waals surface area contributed by atoms with Crippen molar-refractivity contribution in [2.45, 2.75) is 39.8 Å². The minimum atomic E-state index is 0.00338. The Balaban J connectivity index is 1.45. The molecule has 0 saturated carbocycles. The lowest BCUT2D eigenvalue weighted by Crippen LogP contribution is -2.23. The highest BCUT2D eigenvalue weighted by atomic mass is 16.1. The van der Waals surface area contributed by atoms with Crippen LogP contribution in [0.3, 0.4) is 0 Å². The first-order valence-corrected chi connectivity index (χ1v) is 11.7. The minimum absolute atomic E-state index is 0.00338. The summed E-state index contributed by atoms with van der Waals surface area (Å²) in [5, 5.41) is 3.04. The Morgan fingerprint density at radius 1 is 0.735 bits per heavy atom. The second-order valence-electron chi connectivity index (χ2n) is 8.66. The number of anilines is 2. The van der Waals surface area contributed by atoms with E-state index in [4.69, 9.17) is 4.98 Å². The summed E-state index contributed by atoms with van der Waals surface area (Å²) in [5.74, 6) is 0.895. The lowest BCUT2D eigenvalue weighted by atomic mass is 10.1. The predicted molar refractivity (Wildman–Crippen MR) is 140 cm³/mol. The molecule has 0 atom stereocenters. The van der Waals surface area contributed by atoms with Crippen LogP contribution in [0.5, 0.6) is 0 Å². The monoisotopic (exact) mass is 449 g/mol. The van der Waals surface area contributed by atoms with Crippen molar-refractivity contribution in [3.8, 4) is 0 Å². The number of pyridine rings is 1. The highest BCUT2D eigenvalue weighted by Gasteiger charge is 2.13. The van der Waals surface area contributed by atoms with Crippen molar-refractivity contribution in [3.05, 3.63) is 125 Å². The molecule has 4 heteroatoms. The zero-order valence-corrected chi connectivity index (χ0v) is 19.9. The third-order valence-electron chi connectivity index (χ3n) is 5.86. The van der Waals surface area contributed by atoms with E-state index in [0.717, 1.165) is 36.7 Å². The van der Waals surface area contributed by atoms with Crippen LogP contribution in [0, 0.1) is 13.8 Å². The molecule has 0 radical (unpaired) electrons. The number of benzene rings is 3. The molecule has 4 rings (SSSR count). The molecule has 1 N–H and O–H groups in total. The van der Waals surface area contributed by atoms with Gasteiger partial charge in [0.15, 0.2) is 0 Å². The van der Waals surface area contributed by atoms with Crippen molar-refractivity contribution in [2.24, 2.45) is 0 Å². The van der Waals surface area contributed by atoms with Crippen molar-refractivity contribution in [3.63, 3.8) is 0 Å². The molecular formula is C30H31N3O. The van der Waals surface area contributed by atoms with E-state index < -0.39 is 0 Å². The highest BCUT2D eigenvalue weighted by Crippen LogP contribution is 2.23. The van der Waals surface area contributed by atoms with E-state index in [2.05, 4.69) is 89.9 Å². The summed E-state index contributed by atoms with van der Waals surface area (Å²) in [6, 6.07) is 33.1. The molecule has 1 heterocycles. The Bertz CT molecular complexity index is 1160. The summed E-state index contributed by atoms with van der Waals surface area (Å²) >= 11 is 0. The smallest absolute Gasteiger partial charge is 0.224 e. The quantitative estimate of drug-likeness (QED) is 0.318. The number of rotatable bonds is 9. The summed E-state index contributed by atoms with van der Waals surface area (Å²) in [7, 11) is 0. The normalized spacial score (nSPS) is 10.6. The summed E-state index contributed by atoms with van der Waals surface area (Å²) in [6.07, 6.45) is 1.16. The van der Waals surface area contributed by atoms with Gasteiger partial charge in [-0.25, -0.2) is 4.98 Å². The van der Waals surface area contributed by atoms with Gasteiger partial charge in [0.25, 0.3) is 0 Å². The zero-order valence-electron chi connectivity index (χ0n) is 19.9. The molecular weight excluding hydrogens is 418 g/mol. The molecule has 0 aliphatic heterocycles. The summed E-state index contributed by atoms with van der Waals surface area (Å²) in [6.45, 7) is 5.52. The van der Waals surface area contributed by atoms with Crippen molar-refractivity contribution in [1.29, 1.82) is 0 Å². The van der Waals surface area contributed by atoms with Gasteiger partial charge < -0.3 is 10.2 Å². The number of nitrogens with zero attached hydrogens (tertiary/aromatic N) is 2. The standard InChI is InChI=1S/C30H31N3O/c1-23-13-15-25(16-14-23)17-20-30(34)32-28-18-19-29(31-24(28)2)33(21-26-9-5-3-6-10-26)22-27-11-7-4-8-12-27/h3-16,18-19H,17,20-22H2,1-2H3,(H,32,34). The van der Waals surface area contributed by atoms with E-state index >= 15 is 0 Å². The second kappa shape index (κ2) is 11.3. The maximum Gasteiger partial charge on any atom is 0.224 e. The number of aromatic nitrogens is 1. The fourth-order valence-electron chi connectivity index (χ4n) is 3.91. The maximum atomic E-state index is 12.6. The number of carbonyl (C=O) groups is 1. The SMILES string of the molecule is Cc1ccc(CCC(=O)Nc2ccc(N(Cc3ccccc3)Cc3ccccc3)nc2C)cc1. The molecule has 4 nitrogen and oxygen atoms in total. The minimum Gasteiger partial charge on any atom is -0.348 e. The summed E-state index contributed by atoms with van der Waals surface area (Å²) in [4.78, 5) is 19.7. The lowest BCUT2D eigenvalue weighted by Gasteiger charge is -2.25. The third-order valence-corrected chi connectivity index (χ3v) is 5.86. The van der Waals surface area contributed by atoms with Crippen LogP contribution in [0.25, 0.3) is 0 Å². The molecule has 0 saturated heterocycles. The number of nitrogens with one attached hydrogen (secondary N) is 1. The van der Waals surface area contributed by atoms with E-state index in [9.17, 15) is 4.79 Å². The molecule has 4 aromatic rings. The Hall–Kier alpha value is -3.92. The largest absolute Gasteiger partial charge is 0.348 e. The average molecular weight is 450 g/mol. The first-order chi connectivity index (χ1) is 16.6. The molecule has 3 aromatic carbocycles. The van der Waals surface area contributed by atoms with Gasteiger partial charge in [-0.2, -0.15) is 0 Å². The fraction of sp³-hybridized carbons (Fsp3) is 0.200. The highest BCUT2D eigenvalue weighted by molar-refractivity contribution is 5.91. The van der Waals surface area contributed by atoms with Gasteiger partial charge in [-0.05, 0) is 49.1 Å². The topological polar surface area (TPSA) is 45.2 Å². The van der Waals surface area contributed by atoms with Crippen molar-refractivity contribution < 1.29 is 4.79 Å². The van der Waals surface area contributed by atoms with Gasteiger partial charge in [0.05, 0.1) is 11.4 Å². The van der Waals surface area contributed by atoms with Crippen LogP contribution in [-0.2, 0) is 24.3 Å². The maximum absolute atomic E-state index is 12.6. The average Bonchev–Trinajstić information content (AvgIpc) is 2.86. The predicted octanol–water partition coefficient (Wildman–Crippen LogP) is 6.48. The first kappa shape index (κ1) is 23.2. The van der Waals surface area contributed by atoms with E-state index in [1.165, 1.54) is 22.3 Å². The number of carbonyl (C=O) groups excluding carboxylic acids is 1. The molecule has 0 aliphatic carbocycles. The second-order valence-corrected chi connectivity index (χ2v) is 8.66. The van der Waals surface area contributed by atoms with Gasteiger partial charge in [0.1, 0.15) is 5.82 Å². The molecule has 0 spiro atoms. The van der Waals surface area contributed by atoms with Gasteiger partial charge in [-0.15, -0.1) is 0 Å². The van der Waals surface area contributed by atoms with E-state index in [0.29, 0.717) is 6.42 Å². The summed E-state index contributed by atoms with van der Waals surface area (Å²) in [5.41, 5.74) is 6.43. The summed E-state index contributed by atoms with van der Waals surface area (Å²) < 4.78 is 0. The Morgan fingerprint density at radius 2 is 1.32 bits per heavy atom. The Morgan fingerprint density at radius 3 is 1.88 bits per heavy atom. The van der Waals surface area contributed by atoms with Crippen LogP contribution < -0.4 is 10.2 Å². The molecule has 0 fully saturated rings. The van der Waals surface area contributed by atoms with Crippen LogP contribution >= 0.6 is 0 Å². The van der Waals surface area contributed by atoms with Gasteiger partial charge in [0, 0.05) is 19.5 Å². The number of aryl methyl sites for hydroxylation is 3. The van der Waals surface area contributed by atoms with Gasteiger partial charge in [0.2, 0.25) is 5.91 Å². The van der Waals surface area contributed by atoms with Gasteiger partial charge in [-0.3, -0.25) is 4.79 Å². The van der Waals surface area contributed by atoms with Crippen LogP contribution in [0.15, 0.2) is 97.1 Å². The molecule has 0 unspecified atom stereocenters. The Kier molecular flexibility index (Phi) is 7.71. The zero-order chi connectivity index (χ0) is 23.8. The molecule has 1 aromatic heterocycles. The van der Waals surface area contributed by atoms with Crippen molar-refractivity contribution >= 4 is 17.4 Å². The van der Waals surface area contributed by atoms with Crippen LogP contribution in [0.1, 0.15) is 34.4 Å². The molecule has 172 valence electrons. The lowest BCUT2D eigenvalue weighted by molar-refractivity contribution is -0.116.